The van der Waals surface area contributed by atoms with Crippen LogP contribution in [-0.4, -0.2) is 44.2 Å². The summed E-state index contributed by atoms with van der Waals surface area (Å²) < 4.78 is 40.0. The number of halogens is 3. The van der Waals surface area contributed by atoms with Crippen molar-refractivity contribution in [1.29, 1.82) is 0 Å². The number of aromatic hydroxyl groups is 1. The van der Waals surface area contributed by atoms with Crippen molar-refractivity contribution >= 4 is 5.65 Å². The average Bonchev–Trinajstić information content (AvgIpc) is 3.04. The highest BCUT2D eigenvalue weighted by molar-refractivity contribution is 5.80. The number of aryl methyl sites for hydroxylation is 1. The van der Waals surface area contributed by atoms with Gasteiger partial charge >= 0.3 is 6.18 Å². The summed E-state index contributed by atoms with van der Waals surface area (Å²) in [5.74, 6) is 0.230. The van der Waals surface area contributed by atoms with Gasteiger partial charge in [-0.05, 0) is 57.1 Å². The molecule has 0 amide bonds. The third-order valence-electron chi connectivity index (χ3n) is 5.72. The van der Waals surface area contributed by atoms with Crippen molar-refractivity contribution in [3.05, 3.63) is 47.3 Å². The molecule has 154 valence electrons. The molecule has 0 aliphatic carbocycles. The highest BCUT2D eigenvalue weighted by Gasteiger charge is 2.30. The van der Waals surface area contributed by atoms with Gasteiger partial charge < -0.3 is 10.0 Å². The number of likely N-dealkylation sites (tertiary alicyclic amines) is 1. The van der Waals surface area contributed by atoms with Gasteiger partial charge in [0, 0.05) is 17.5 Å². The fraction of sp³-hybridized carbons (Fsp3) is 0.429. The van der Waals surface area contributed by atoms with Crippen LogP contribution in [0, 0.1) is 6.92 Å². The van der Waals surface area contributed by atoms with Gasteiger partial charge in [0.15, 0.2) is 5.65 Å². The maximum absolute atomic E-state index is 12.9. The van der Waals surface area contributed by atoms with Gasteiger partial charge in [-0.3, -0.25) is 0 Å². The highest BCUT2D eigenvalue weighted by Crippen LogP contribution is 2.35. The lowest BCUT2D eigenvalue weighted by molar-refractivity contribution is -0.137. The Morgan fingerprint density at radius 1 is 1.14 bits per heavy atom. The lowest BCUT2D eigenvalue weighted by Gasteiger charge is -2.30. The molecule has 1 aromatic carbocycles. The minimum atomic E-state index is -4.38. The normalized spacial score (nSPS) is 16.6. The fourth-order valence-electron chi connectivity index (χ4n) is 4.04. The summed E-state index contributed by atoms with van der Waals surface area (Å²) in [7, 11) is 0. The first-order valence-corrected chi connectivity index (χ1v) is 9.77. The van der Waals surface area contributed by atoms with Crippen molar-refractivity contribution in [1.82, 2.24) is 19.5 Å². The number of alkyl halides is 3. The Balaban J connectivity index is 1.75. The van der Waals surface area contributed by atoms with Crippen LogP contribution in [0.1, 0.15) is 42.6 Å². The molecule has 0 saturated carbocycles. The molecule has 0 unspecified atom stereocenters. The lowest BCUT2D eigenvalue weighted by Crippen LogP contribution is -2.32. The third kappa shape index (κ3) is 3.69. The number of aromatic nitrogens is 3. The molecule has 0 spiro atoms. The molecule has 29 heavy (non-hydrogen) atoms. The molecule has 2 aromatic heterocycles. The molecule has 1 aliphatic rings. The molecule has 4 rings (SSSR count). The van der Waals surface area contributed by atoms with Crippen molar-refractivity contribution in [3.63, 3.8) is 0 Å². The second-order valence-corrected chi connectivity index (χ2v) is 7.52. The zero-order valence-corrected chi connectivity index (χ0v) is 16.4. The maximum atomic E-state index is 12.9. The molecule has 0 atom stereocenters. The van der Waals surface area contributed by atoms with Gasteiger partial charge in [-0.25, -0.2) is 4.98 Å². The van der Waals surface area contributed by atoms with Crippen LogP contribution in [0.4, 0.5) is 13.2 Å². The maximum Gasteiger partial charge on any atom is 0.416 e. The first-order valence-electron chi connectivity index (χ1n) is 9.77. The van der Waals surface area contributed by atoms with E-state index in [0.29, 0.717) is 22.5 Å². The average molecular weight is 404 g/mol. The minimum absolute atomic E-state index is 0.0100. The van der Waals surface area contributed by atoms with E-state index < -0.39 is 11.7 Å². The number of nitrogens with zero attached hydrogens (tertiary/aromatic N) is 4. The van der Waals surface area contributed by atoms with Gasteiger partial charge in [0.25, 0.3) is 0 Å². The van der Waals surface area contributed by atoms with Crippen LogP contribution in [0.15, 0.2) is 30.3 Å². The Hall–Kier alpha value is -2.61. The van der Waals surface area contributed by atoms with Crippen LogP contribution >= 0.6 is 0 Å². The third-order valence-corrected chi connectivity index (χ3v) is 5.72. The smallest absolute Gasteiger partial charge is 0.416 e. The van der Waals surface area contributed by atoms with Crippen LogP contribution in [0.25, 0.3) is 16.8 Å². The van der Waals surface area contributed by atoms with Crippen LogP contribution < -0.4 is 0 Å². The summed E-state index contributed by atoms with van der Waals surface area (Å²) in [5.41, 5.74) is 2.41. The SMILES string of the molecule is CCN1CCC(c2cc(O)n3nc(C)c(-c4ccc(C(F)(F)F)cc4)c3n2)CC1. The Morgan fingerprint density at radius 3 is 2.38 bits per heavy atom. The quantitative estimate of drug-likeness (QED) is 0.692. The lowest BCUT2D eigenvalue weighted by atomic mass is 9.93. The van der Waals surface area contributed by atoms with Crippen LogP contribution in [-0.2, 0) is 6.18 Å². The monoisotopic (exact) mass is 404 g/mol. The van der Waals surface area contributed by atoms with E-state index in [0.717, 1.165) is 50.3 Å². The summed E-state index contributed by atoms with van der Waals surface area (Å²) in [6.45, 7) is 6.89. The molecular weight excluding hydrogens is 381 g/mol. The van der Waals surface area contributed by atoms with E-state index in [9.17, 15) is 18.3 Å². The summed E-state index contributed by atoms with van der Waals surface area (Å²) in [6.07, 6.45) is -2.47. The molecule has 3 aromatic rings. The zero-order chi connectivity index (χ0) is 20.8. The van der Waals surface area contributed by atoms with E-state index in [1.54, 1.807) is 13.0 Å². The first-order chi connectivity index (χ1) is 13.8. The highest BCUT2D eigenvalue weighted by atomic mass is 19.4. The Labute approximate surface area is 166 Å². The molecule has 1 fully saturated rings. The molecule has 1 aliphatic heterocycles. The van der Waals surface area contributed by atoms with Gasteiger partial charge in [-0.15, -0.1) is 0 Å². The molecule has 3 heterocycles. The van der Waals surface area contributed by atoms with E-state index >= 15 is 0 Å². The number of piperidine rings is 1. The number of benzene rings is 1. The predicted octanol–water partition coefficient (Wildman–Crippen LogP) is 4.63. The summed E-state index contributed by atoms with van der Waals surface area (Å²) in [4.78, 5) is 7.16. The van der Waals surface area contributed by atoms with E-state index in [-0.39, 0.29) is 11.8 Å². The topological polar surface area (TPSA) is 53.7 Å². The van der Waals surface area contributed by atoms with Crippen molar-refractivity contribution in [2.45, 2.75) is 38.8 Å². The Morgan fingerprint density at radius 2 is 1.79 bits per heavy atom. The molecule has 1 saturated heterocycles. The van der Waals surface area contributed by atoms with E-state index in [1.807, 2.05) is 0 Å². The van der Waals surface area contributed by atoms with Gasteiger partial charge in [0.1, 0.15) is 0 Å². The molecule has 0 bridgehead atoms. The largest absolute Gasteiger partial charge is 0.493 e. The second kappa shape index (κ2) is 7.33. The van der Waals surface area contributed by atoms with E-state index in [4.69, 9.17) is 4.98 Å². The zero-order valence-electron chi connectivity index (χ0n) is 16.4. The van der Waals surface area contributed by atoms with Crippen LogP contribution in [0.2, 0.25) is 0 Å². The van der Waals surface area contributed by atoms with E-state index in [1.165, 1.54) is 16.6 Å². The molecule has 5 nitrogen and oxygen atoms in total. The van der Waals surface area contributed by atoms with Gasteiger partial charge in [0.2, 0.25) is 5.88 Å². The minimum Gasteiger partial charge on any atom is -0.493 e. The van der Waals surface area contributed by atoms with E-state index in [2.05, 4.69) is 16.9 Å². The predicted molar refractivity (Wildman–Crippen MR) is 104 cm³/mol. The van der Waals surface area contributed by atoms with Crippen molar-refractivity contribution < 1.29 is 18.3 Å². The Bertz CT molecular complexity index is 1020. The summed E-state index contributed by atoms with van der Waals surface area (Å²) in [5, 5.41) is 14.9. The Kier molecular flexibility index (Phi) is 4.98. The standard InChI is InChI=1S/C21H23F3N4O/c1-3-27-10-8-14(9-11-27)17-12-18(29)28-20(25-17)19(13(2)26-28)15-4-6-16(7-5-15)21(22,23)24/h4-7,12,14,29H,3,8-11H2,1-2H3. The second-order valence-electron chi connectivity index (χ2n) is 7.52. The first kappa shape index (κ1) is 19.7. The number of rotatable bonds is 3. The molecule has 1 N–H and O–H groups in total. The molecular formula is C21H23F3N4O. The van der Waals surface area contributed by atoms with Crippen LogP contribution in [0.5, 0.6) is 5.88 Å². The number of fused-ring (bicyclic) bond motifs is 1. The van der Waals surface area contributed by atoms with Crippen LogP contribution in [0.3, 0.4) is 0 Å². The van der Waals surface area contributed by atoms with Gasteiger partial charge in [-0.2, -0.15) is 22.8 Å². The van der Waals surface area contributed by atoms with Crippen molar-refractivity contribution in [3.8, 4) is 17.0 Å². The summed E-state index contributed by atoms with van der Waals surface area (Å²) in [6, 6.07) is 6.63. The summed E-state index contributed by atoms with van der Waals surface area (Å²) >= 11 is 0. The van der Waals surface area contributed by atoms with Gasteiger partial charge in [0.05, 0.1) is 17.0 Å². The van der Waals surface area contributed by atoms with Crippen molar-refractivity contribution in [2.24, 2.45) is 0 Å². The fourth-order valence-corrected chi connectivity index (χ4v) is 4.04. The molecule has 0 radical (unpaired) electrons. The number of hydrogen-bond acceptors (Lipinski definition) is 4. The number of hydrogen-bond donors (Lipinski definition) is 1. The molecule has 8 heteroatoms. The van der Waals surface area contributed by atoms with Gasteiger partial charge in [-0.1, -0.05) is 19.1 Å². The van der Waals surface area contributed by atoms with Crippen molar-refractivity contribution in [2.75, 3.05) is 19.6 Å².